The highest BCUT2D eigenvalue weighted by Crippen LogP contribution is 2.27. The van der Waals surface area contributed by atoms with Gasteiger partial charge in [0.2, 0.25) is 10.0 Å². The van der Waals surface area contributed by atoms with Crippen LogP contribution in [0.5, 0.6) is 5.75 Å². The summed E-state index contributed by atoms with van der Waals surface area (Å²) in [6, 6.07) is 10.3. The van der Waals surface area contributed by atoms with Crippen LogP contribution in [0.1, 0.15) is 42.7 Å². The van der Waals surface area contributed by atoms with Crippen molar-refractivity contribution in [2.75, 3.05) is 40.0 Å². The van der Waals surface area contributed by atoms with Crippen LogP contribution in [0.3, 0.4) is 0 Å². The number of halogens is 1. The first-order chi connectivity index (χ1) is 16.0. The minimum Gasteiger partial charge on any atom is -0.495 e. The molecule has 0 aliphatic carbocycles. The van der Waals surface area contributed by atoms with Crippen LogP contribution >= 0.6 is 0 Å². The van der Waals surface area contributed by atoms with E-state index in [0.29, 0.717) is 26.3 Å². The molecule has 2 aromatic carbocycles. The first-order valence-corrected chi connectivity index (χ1v) is 12.6. The van der Waals surface area contributed by atoms with E-state index in [9.17, 15) is 17.6 Å². The predicted octanol–water partition coefficient (Wildman–Crippen LogP) is 2.71. The van der Waals surface area contributed by atoms with Gasteiger partial charge in [0.1, 0.15) is 16.5 Å². The molecule has 0 spiro atoms. The number of carbonyl (C=O) groups excluding carboxylic acids is 1. The number of methoxy groups -OCH3 is 1. The highest BCUT2D eigenvalue weighted by Gasteiger charge is 2.27. The molecule has 0 bridgehead atoms. The molecule has 8 nitrogen and oxygen atoms in total. The van der Waals surface area contributed by atoms with Crippen LogP contribution in [0.2, 0.25) is 0 Å². The molecule has 1 fully saturated rings. The number of hydrogen-bond donors (Lipinski definition) is 2. The van der Waals surface area contributed by atoms with Gasteiger partial charge in [-0.05, 0) is 56.7 Å². The molecule has 1 aliphatic rings. The fourth-order valence-corrected chi connectivity index (χ4v) is 5.45. The van der Waals surface area contributed by atoms with Crippen LogP contribution in [0.4, 0.5) is 4.39 Å². The Bertz CT molecular complexity index is 1110. The number of hydrogen-bond acceptors (Lipinski definition) is 6. The Hall–Kier alpha value is -2.53. The molecule has 0 saturated carbocycles. The SMILES string of the molecule is COc1ccc(C(=O)NCC(c2cccc(F)c2)N2CCOCC2)cc1S(=O)(=O)NC(C)(C)C. The third-order valence-corrected chi connectivity index (χ3v) is 7.11. The molecule has 186 valence electrons. The van der Waals surface area contributed by atoms with Gasteiger partial charge >= 0.3 is 0 Å². The van der Waals surface area contributed by atoms with Crippen molar-refractivity contribution in [1.82, 2.24) is 14.9 Å². The van der Waals surface area contributed by atoms with Crippen molar-refractivity contribution in [3.63, 3.8) is 0 Å². The summed E-state index contributed by atoms with van der Waals surface area (Å²) in [7, 11) is -2.56. The molecule has 1 unspecified atom stereocenters. The number of ether oxygens (including phenoxy) is 2. The minimum atomic E-state index is -3.93. The Balaban J connectivity index is 1.83. The number of carbonyl (C=O) groups is 1. The quantitative estimate of drug-likeness (QED) is 0.587. The summed E-state index contributed by atoms with van der Waals surface area (Å²) < 4.78 is 53.0. The summed E-state index contributed by atoms with van der Waals surface area (Å²) in [6.07, 6.45) is 0. The number of amides is 1. The average molecular weight is 494 g/mol. The van der Waals surface area contributed by atoms with E-state index in [2.05, 4.69) is 14.9 Å². The van der Waals surface area contributed by atoms with Crippen molar-refractivity contribution in [3.8, 4) is 5.75 Å². The standard InChI is InChI=1S/C24H32FN3O5S/c1-24(2,3)27-34(30,31)22-15-18(8-9-21(22)32-4)23(29)26-16-20(28-10-12-33-13-11-28)17-6-5-7-19(25)14-17/h5-9,14-15,20,27H,10-13,16H2,1-4H3,(H,26,29). The van der Waals surface area contributed by atoms with E-state index in [0.717, 1.165) is 5.56 Å². The molecule has 2 aromatic rings. The molecule has 1 aliphatic heterocycles. The fraction of sp³-hybridized carbons (Fsp3) is 0.458. The van der Waals surface area contributed by atoms with Crippen LogP contribution in [0.15, 0.2) is 47.4 Å². The second kappa shape index (κ2) is 10.8. The number of sulfonamides is 1. The lowest BCUT2D eigenvalue weighted by Crippen LogP contribution is -2.44. The number of nitrogens with zero attached hydrogens (tertiary/aromatic N) is 1. The van der Waals surface area contributed by atoms with Gasteiger partial charge in [0.05, 0.1) is 26.4 Å². The van der Waals surface area contributed by atoms with E-state index in [-0.39, 0.29) is 34.6 Å². The number of benzene rings is 2. The average Bonchev–Trinajstić information content (AvgIpc) is 2.78. The summed E-state index contributed by atoms with van der Waals surface area (Å²) in [6.45, 7) is 7.82. The summed E-state index contributed by atoms with van der Waals surface area (Å²) in [5.74, 6) is -0.651. The maximum absolute atomic E-state index is 13.9. The summed E-state index contributed by atoms with van der Waals surface area (Å²) in [5, 5.41) is 2.88. The van der Waals surface area contributed by atoms with E-state index in [1.165, 1.54) is 37.4 Å². The molecule has 34 heavy (non-hydrogen) atoms. The maximum atomic E-state index is 13.9. The van der Waals surface area contributed by atoms with Crippen molar-refractivity contribution >= 4 is 15.9 Å². The van der Waals surface area contributed by atoms with E-state index in [1.807, 2.05) is 6.07 Å². The van der Waals surface area contributed by atoms with Gasteiger partial charge in [-0.15, -0.1) is 0 Å². The Kier molecular flexibility index (Phi) is 8.29. The molecule has 0 radical (unpaired) electrons. The smallest absolute Gasteiger partial charge is 0.251 e. The first-order valence-electron chi connectivity index (χ1n) is 11.1. The highest BCUT2D eigenvalue weighted by atomic mass is 32.2. The van der Waals surface area contributed by atoms with Crippen LogP contribution in [-0.2, 0) is 14.8 Å². The second-order valence-electron chi connectivity index (χ2n) is 9.15. The minimum absolute atomic E-state index is 0.118. The normalized spacial score (nSPS) is 16.1. The van der Waals surface area contributed by atoms with E-state index >= 15 is 0 Å². The lowest BCUT2D eigenvalue weighted by atomic mass is 10.0. The van der Waals surface area contributed by atoms with Crippen LogP contribution in [0.25, 0.3) is 0 Å². The van der Waals surface area contributed by atoms with Gasteiger partial charge in [0.25, 0.3) is 5.91 Å². The van der Waals surface area contributed by atoms with E-state index in [4.69, 9.17) is 9.47 Å². The Morgan fingerprint density at radius 2 is 1.88 bits per heavy atom. The van der Waals surface area contributed by atoms with Crippen molar-refractivity contribution in [2.45, 2.75) is 37.2 Å². The molecule has 3 rings (SSSR count). The fourth-order valence-electron chi connectivity index (χ4n) is 3.84. The topological polar surface area (TPSA) is 97.0 Å². The van der Waals surface area contributed by atoms with Crippen molar-refractivity contribution in [2.24, 2.45) is 0 Å². The summed E-state index contributed by atoms with van der Waals surface area (Å²) in [4.78, 5) is 15.0. The maximum Gasteiger partial charge on any atom is 0.251 e. The third-order valence-electron chi connectivity index (χ3n) is 5.33. The Morgan fingerprint density at radius 3 is 2.50 bits per heavy atom. The molecule has 10 heteroatoms. The first kappa shape index (κ1) is 26.1. The van der Waals surface area contributed by atoms with Crippen molar-refractivity contribution in [1.29, 1.82) is 0 Å². The van der Waals surface area contributed by atoms with E-state index in [1.54, 1.807) is 26.8 Å². The third kappa shape index (κ3) is 6.75. The number of morpholine rings is 1. The molecule has 0 aromatic heterocycles. The van der Waals surface area contributed by atoms with Crippen molar-refractivity contribution < 1.29 is 27.1 Å². The van der Waals surface area contributed by atoms with Gasteiger partial charge in [0, 0.05) is 30.7 Å². The zero-order valence-corrected chi connectivity index (χ0v) is 20.7. The highest BCUT2D eigenvalue weighted by molar-refractivity contribution is 7.89. The van der Waals surface area contributed by atoms with Gasteiger partial charge in [-0.2, -0.15) is 0 Å². The second-order valence-corrected chi connectivity index (χ2v) is 10.8. The molecular weight excluding hydrogens is 461 g/mol. The van der Waals surface area contributed by atoms with Crippen LogP contribution in [-0.4, -0.2) is 64.7 Å². The molecule has 2 N–H and O–H groups in total. The van der Waals surface area contributed by atoms with Gasteiger partial charge in [0.15, 0.2) is 0 Å². The number of nitrogens with one attached hydrogen (secondary N) is 2. The van der Waals surface area contributed by atoms with Gasteiger partial charge < -0.3 is 14.8 Å². The molecule has 1 amide bonds. The monoisotopic (exact) mass is 493 g/mol. The summed E-state index contributed by atoms with van der Waals surface area (Å²) in [5.41, 5.74) is 0.211. The lowest BCUT2D eigenvalue weighted by Gasteiger charge is -2.35. The largest absolute Gasteiger partial charge is 0.495 e. The van der Waals surface area contributed by atoms with Gasteiger partial charge in [-0.1, -0.05) is 12.1 Å². The molecule has 1 saturated heterocycles. The summed E-state index contributed by atoms with van der Waals surface area (Å²) >= 11 is 0. The zero-order chi connectivity index (χ0) is 24.9. The van der Waals surface area contributed by atoms with Crippen LogP contribution < -0.4 is 14.8 Å². The van der Waals surface area contributed by atoms with Gasteiger partial charge in [-0.3, -0.25) is 9.69 Å². The van der Waals surface area contributed by atoms with Crippen molar-refractivity contribution in [3.05, 3.63) is 59.4 Å². The van der Waals surface area contributed by atoms with Gasteiger partial charge in [-0.25, -0.2) is 17.5 Å². The van der Waals surface area contributed by atoms with Crippen LogP contribution in [0, 0.1) is 5.82 Å². The Labute approximate surface area is 200 Å². The van der Waals surface area contributed by atoms with E-state index < -0.39 is 21.5 Å². The zero-order valence-electron chi connectivity index (χ0n) is 19.9. The molecule has 1 heterocycles. The Morgan fingerprint density at radius 1 is 1.18 bits per heavy atom. The predicted molar refractivity (Wildman–Crippen MR) is 127 cm³/mol. The number of rotatable bonds is 8. The lowest BCUT2D eigenvalue weighted by molar-refractivity contribution is 0.0162. The molecular formula is C24H32FN3O5S. The molecule has 1 atom stereocenters.